The molecule has 0 spiro atoms. The predicted octanol–water partition coefficient (Wildman–Crippen LogP) is 4.50. The average molecular weight is 479 g/mol. The maximum Gasteiger partial charge on any atom is 0.247 e. The molecule has 0 fully saturated rings. The SMILES string of the molecule is CCC(O)(c1ccccc1)C(NC(=O)C(C)=Cc1ccccc1)C(N)C(=O)c1ccccc1.Cl. The van der Waals surface area contributed by atoms with E-state index in [2.05, 4.69) is 5.32 Å². The lowest BCUT2D eigenvalue weighted by atomic mass is 9.78. The van der Waals surface area contributed by atoms with E-state index in [1.807, 2.05) is 42.5 Å². The number of hydrogen-bond donors (Lipinski definition) is 3. The number of halogens is 1. The second-order valence-corrected chi connectivity index (χ2v) is 8.09. The van der Waals surface area contributed by atoms with Crippen LogP contribution in [-0.2, 0) is 10.4 Å². The standard InChI is InChI=1S/C28H30N2O3.ClH/c1-3-28(33,23-17-11-6-12-18-23)26(24(29)25(31)22-15-9-5-10-16-22)30-27(32)20(2)19-21-13-7-4-8-14-21;/h4-19,24,26,33H,3,29H2,1-2H3,(H,30,32);1H. The summed E-state index contributed by atoms with van der Waals surface area (Å²) in [5.74, 6) is -0.753. The monoisotopic (exact) mass is 478 g/mol. The Balaban J connectivity index is 0.00000408. The maximum atomic E-state index is 13.2. The lowest BCUT2D eigenvalue weighted by molar-refractivity contribution is -0.121. The molecule has 178 valence electrons. The van der Waals surface area contributed by atoms with Gasteiger partial charge in [-0.25, -0.2) is 0 Å². The van der Waals surface area contributed by atoms with E-state index in [1.165, 1.54) is 0 Å². The van der Waals surface area contributed by atoms with Crippen molar-refractivity contribution in [1.82, 2.24) is 5.32 Å². The third-order valence-corrected chi connectivity index (χ3v) is 5.87. The largest absolute Gasteiger partial charge is 0.383 e. The lowest BCUT2D eigenvalue weighted by Crippen LogP contribution is -2.62. The molecule has 3 unspecified atom stereocenters. The van der Waals surface area contributed by atoms with Gasteiger partial charge in [0.1, 0.15) is 5.60 Å². The summed E-state index contributed by atoms with van der Waals surface area (Å²) in [7, 11) is 0. The third kappa shape index (κ3) is 6.20. The Kier molecular flexibility index (Phi) is 9.75. The minimum absolute atomic E-state index is 0. The van der Waals surface area contributed by atoms with Gasteiger partial charge in [0, 0.05) is 11.1 Å². The van der Waals surface area contributed by atoms with Crippen LogP contribution >= 0.6 is 12.4 Å². The molecular formula is C28H31ClN2O3. The van der Waals surface area contributed by atoms with Gasteiger partial charge in [-0.05, 0) is 30.5 Å². The Bertz CT molecular complexity index is 1100. The van der Waals surface area contributed by atoms with E-state index in [-0.39, 0.29) is 24.6 Å². The number of carbonyl (C=O) groups excluding carboxylic acids is 2. The van der Waals surface area contributed by atoms with Gasteiger partial charge in [0.25, 0.3) is 0 Å². The predicted molar refractivity (Wildman–Crippen MR) is 139 cm³/mol. The maximum absolute atomic E-state index is 13.2. The number of amides is 1. The first-order valence-electron chi connectivity index (χ1n) is 11.0. The van der Waals surface area contributed by atoms with Crippen LogP contribution < -0.4 is 11.1 Å². The van der Waals surface area contributed by atoms with Gasteiger partial charge in [-0.15, -0.1) is 12.4 Å². The van der Waals surface area contributed by atoms with Gasteiger partial charge in [-0.3, -0.25) is 9.59 Å². The number of ketones is 1. The number of hydrogen-bond acceptors (Lipinski definition) is 4. The summed E-state index contributed by atoms with van der Waals surface area (Å²) in [6.45, 7) is 3.50. The molecule has 0 heterocycles. The van der Waals surface area contributed by atoms with E-state index < -0.39 is 23.6 Å². The summed E-state index contributed by atoms with van der Waals surface area (Å²) in [5, 5.41) is 14.6. The van der Waals surface area contributed by atoms with Gasteiger partial charge in [-0.2, -0.15) is 0 Å². The number of carbonyl (C=O) groups is 2. The fourth-order valence-corrected chi connectivity index (χ4v) is 3.90. The summed E-state index contributed by atoms with van der Waals surface area (Å²) < 4.78 is 0. The summed E-state index contributed by atoms with van der Waals surface area (Å²) in [6.07, 6.45) is 2.00. The highest BCUT2D eigenvalue weighted by Crippen LogP contribution is 2.31. The van der Waals surface area contributed by atoms with Crippen LogP contribution in [0.2, 0.25) is 0 Å². The van der Waals surface area contributed by atoms with Crippen molar-refractivity contribution in [2.75, 3.05) is 0 Å². The Morgan fingerprint density at radius 1 is 0.941 bits per heavy atom. The minimum Gasteiger partial charge on any atom is -0.383 e. The van der Waals surface area contributed by atoms with E-state index in [0.29, 0.717) is 16.7 Å². The second kappa shape index (κ2) is 12.3. The van der Waals surface area contributed by atoms with Crippen molar-refractivity contribution in [2.45, 2.75) is 38.0 Å². The van der Waals surface area contributed by atoms with Crippen molar-refractivity contribution in [3.05, 3.63) is 113 Å². The Hall–Kier alpha value is -3.25. The van der Waals surface area contributed by atoms with Gasteiger partial charge >= 0.3 is 0 Å². The van der Waals surface area contributed by atoms with Crippen molar-refractivity contribution in [3.63, 3.8) is 0 Å². The van der Waals surface area contributed by atoms with E-state index >= 15 is 0 Å². The van der Waals surface area contributed by atoms with Gasteiger partial charge < -0.3 is 16.2 Å². The molecule has 4 N–H and O–H groups in total. The van der Waals surface area contributed by atoms with Crippen molar-refractivity contribution in [1.29, 1.82) is 0 Å². The Morgan fingerprint density at radius 2 is 1.44 bits per heavy atom. The zero-order valence-electron chi connectivity index (χ0n) is 19.3. The van der Waals surface area contributed by atoms with Crippen molar-refractivity contribution in [3.8, 4) is 0 Å². The summed E-state index contributed by atoms with van der Waals surface area (Å²) in [6, 6.07) is 24.9. The summed E-state index contributed by atoms with van der Waals surface area (Å²) in [5.41, 5.74) is 7.22. The summed E-state index contributed by atoms with van der Waals surface area (Å²) in [4.78, 5) is 26.4. The van der Waals surface area contributed by atoms with E-state index in [9.17, 15) is 14.7 Å². The molecule has 0 aliphatic carbocycles. The summed E-state index contributed by atoms with van der Waals surface area (Å²) >= 11 is 0. The van der Waals surface area contributed by atoms with Crippen LogP contribution in [0.4, 0.5) is 0 Å². The Morgan fingerprint density at radius 3 is 1.97 bits per heavy atom. The average Bonchev–Trinajstić information content (AvgIpc) is 2.87. The topological polar surface area (TPSA) is 92.4 Å². The molecule has 0 radical (unpaired) electrons. The molecule has 6 heteroatoms. The van der Waals surface area contributed by atoms with Gasteiger partial charge in [0.2, 0.25) is 5.91 Å². The number of benzene rings is 3. The molecule has 0 saturated heterocycles. The molecule has 3 atom stereocenters. The lowest BCUT2D eigenvalue weighted by Gasteiger charge is -2.39. The number of rotatable bonds is 9. The van der Waals surface area contributed by atoms with E-state index in [0.717, 1.165) is 5.56 Å². The highest BCUT2D eigenvalue weighted by molar-refractivity contribution is 6.02. The molecule has 34 heavy (non-hydrogen) atoms. The molecule has 0 aromatic heterocycles. The fraction of sp³-hybridized carbons (Fsp3) is 0.214. The van der Waals surface area contributed by atoms with Crippen LogP contribution in [-0.4, -0.2) is 28.9 Å². The minimum atomic E-state index is -1.55. The number of Topliss-reactive ketones (excluding diaryl/α,β-unsaturated/α-hetero) is 1. The smallest absolute Gasteiger partial charge is 0.247 e. The number of aliphatic hydroxyl groups is 1. The zero-order valence-corrected chi connectivity index (χ0v) is 20.2. The van der Waals surface area contributed by atoms with E-state index in [1.54, 1.807) is 68.5 Å². The highest BCUT2D eigenvalue weighted by Gasteiger charge is 2.44. The van der Waals surface area contributed by atoms with Crippen molar-refractivity contribution < 1.29 is 14.7 Å². The normalized spacial score (nSPS) is 14.8. The first-order valence-corrected chi connectivity index (χ1v) is 11.0. The second-order valence-electron chi connectivity index (χ2n) is 8.09. The van der Waals surface area contributed by atoms with Crippen LogP contribution in [0, 0.1) is 0 Å². The van der Waals surface area contributed by atoms with Crippen LogP contribution in [0.5, 0.6) is 0 Å². The van der Waals surface area contributed by atoms with Crippen LogP contribution in [0.25, 0.3) is 6.08 Å². The molecule has 5 nitrogen and oxygen atoms in total. The van der Waals surface area contributed by atoms with Crippen molar-refractivity contribution in [2.24, 2.45) is 5.73 Å². The first-order chi connectivity index (χ1) is 15.9. The number of nitrogens with two attached hydrogens (primary N) is 1. The highest BCUT2D eigenvalue weighted by atomic mass is 35.5. The van der Waals surface area contributed by atoms with Gasteiger partial charge in [-0.1, -0.05) is 97.9 Å². The van der Waals surface area contributed by atoms with Crippen LogP contribution in [0.3, 0.4) is 0 Å². The van der Waals surface area contributed by atoms with Crippen molar-refractivity contribution >= 4 is 30.2 Å². The fourth-order valence-electron chi connectivity index (χ4n) is 3.90. The molecule has 3 aromatic rings. The molecule has 0 bridgehead atoms. The van der Waals surface area contributed by atoms with Crippen LogP contribution in [0.1, 0.15) is 41.8 Å². The number of nitrogens with one attached hydrogen (secondary N) is 1. The van der Waals surface area contributed by atoms with Gasteiger partial charge in [0.15, 0.2) is 5.78 Å². The first kappa shape index (κ1) is 27.0. The molecule has 0 aliphatic rings. The quantitative estimate of drug-likeness (QED) is 0.312. The molecule has 1 amide bonds. The molecule has 3 aromatic carbocycles. The molecule has 0 aliphatic heterocycles. The van der Waals surface area contributed by atoms with Crippen LogP contribution in [0.15, 0.2) is 96.6 Å². The molecule has 0 saturated carbocycles. The molecule has 3 rings (SSSR count). The van der Waals surface area contributed by atoms with E-state index in [4.69, 9.17) is 5.73 Å². The molecular weight excluding hydrogens is 448 g/mol. The third-order valence-electron chi connectivity index (χ3n) is 5.87. The Labute approximate surface area is 207 Å². The van der Waals surface area contributed by atoms with Gasteiger partial charge in [0.05, 0.1) is 12.1 Å². The zero-order chi connectivity index (χ0) is 23.8.